The maximum Gasteiger partial charge on any atom is 0.292 e. The topological polar surface area (TPSA) is 93.9 Å². The first-order valence-electron chi connectivity index (χ1n) is 8.37. The second-order valence-corrected chi connectivity index (χ2v) is 7.42. The summed E-state index contributed by atoms with van der Waals surface area (Å²) >= 11 is 1.61. The molecule has 26 heavy (non-hydrogen) atoms. The van der Waals surface area contributed by atoms with E-state index in [0.717, 1.165) is 4.88 Å². The van der Waals surface area contributed by atoms with Gasteiger partial charge < -0.3 is 24.2 Å². The summed E-state index contributed by atoms with van der Waals surface area (Å²) in [7, 11) is 1.46. The summed E-state index contributed by atoms with van der Waals surface area (Å²) in [6.45, 7) is 1.82. The van der Waals surface area contributed by atoms with Crippen LogP contribution in [-0.2, 0) is 16.1 Å². The highest BCUT2D eigenvalue weighted by Crippen LogP contribution is 2.34. The quantitative estimate of drug-likeness (QED) is 0.840. The third-order valence-corrected chi connectivity index (χ3v) is 5.74. The lowest BCUT2D eigenvalue weighted by atomic mass is 9.92. The number of rotatable bonds is 5. The summed E-state index contributed by atoms with van der Waals surface area (Å²) in [5, 5.41) is 8.60. The first kappa shape index (κ1) is 17.0. The average molecular weight is 377 g/mol. The SMILES string of the molecule is COc1cc(C(=O)N2C[C@@H]3[C@@H](C(=O)NCc4cccs4)CO[C@@H]3C2)on1. The Morgan fingerprint density at radius 2 is 2.35 bits per heavy atom. The van der Waals surface area contributed by atoms with Gasteiger partial charge in [0.2, 0.25) is 11.7 Å². The van der Waals surface area contributed by atoms with Crippen molar-refractivity contribution in [1.82, 2.24) is 15.4 Å². The number of hydrogen-bond acceptors (Lipinski definition) is 7. The predicted octanol–water partition coefficient (Wildman–Crippen LogP) is 1.15. The molecule has 2 aliphatic rings. The molecule has 3 atom stereocenters. The van der Waals surface area contributed by atoms with Gasteiger partial charge in [-0.2, -0.15) is 0 Å². The van der Waals surface area contributed by atoms with Gasteiger partial charge in [0.15, 0.2) is 0 Å². The van der Waals surface area contributed by atoms with Gasteiger partial charge in [-0.05, 0) is 16.6 Å². The Morgan fingerprint density at radius 1 is 1.46 bits per heavy atom. The fourth-order valence-electron chi connectivity index (χ4n) is 3.48. The number of carbonyl (C=O) groups excluding carboxylic acids is 2. The van der Waals surface area contributed by atoms with Crippen LogP contribution >= 0.6 is 11.3 Å². The van der Waals surface area contributed by atoms with Crippen molar-refractivity contribution in [2.75, 3.05) is 26.8 Å². The van der Waals surface area contributed by atoms with Crippen LogP contribution in [0.1, 0.15) is 15.4 Å². The number of ether oxygens (including phenoxy) is 2. The number of fused-ring (bicyclic) bond motifs is 1. The van der Waals surface area contributed by atoms with Crippen LogP contribution in [0.4, 0.5) is 0 Å². The highest BCUT2D eigenvalue weighted by atomic mass is 32.1. The van der Waals surface area contributed by atoms with E-state index in [1.165, 1.54) is 13.2 Å². The van der Waals surface area contributed by atoms with Crippen molar-refractivity contribution in [3.05, 3.63) is 34.2 Å². The molecule has 2 amide bonds. The fourth-order valence-corrected chi connectivity index (χ4v) is 4.12. The van der Waals surface area contributed by atoms with Gasteiger partial charge in [-0.15, -0.1) is 11.3 Å². The monoisotopic (exact) mass is 377 g/mol. The van der Waals surface area contributed by atoms with Crippen LogP contribution in [-0.4, -0.2) is 54.8 Å². The number of amides is 2. The van der Waals surface area contributed by atoms with Crippen LogP contribution in [0.5, 0.6) is 5.88 Å². The molecule has 4 rings (SSSR count). The van der Waals surface area contributed by atoms with E-state index in [-0.39, 0.29) is 41.4 Å². The summed E-state index contributed by atoms with van der Waals surface area (Å²) in [4.78, 5) is 27.8. The van der Waals surface area contributed by atoms with Gasteiger partial charge in [0.25, 0.3) is 11.8 Å². The maximum atomic E-state index is 12.5. The number of nitrogens with one attached hydrogen (secondary N) is 1. The van der Waals surface area contributed by atoms with Gasteiger partial charge in [0, 0.05) is 23.9 Å². The van der Waals surface area contributed by atoms with Gasteiger partial charge >= 0.3 is 0 Å². The van der Waals surface area contributed by atoms with Crippen molar-refractivity contribution in [2.45, 2.75) is 12.6 Å². The molecule has 2 aromatic rings. The third-order valence-electron chi connectivity index (χ3n) is 4.87. The first-order valence-corrected chi connectivity index (χ1v) is 9.25. The van der Waals surface area contributed by atoms with E-state index in [0.29, 0.717) is 26.2 Å². The number of carbonyl (C=O) groups is 2. The fraction of sp³-hybridized carbons (Fsp3) is 0.471. The van der Waals surface area contributed by atoms with E-state index in [1.54, 1.807) is 16.2 Å². The van der Waals surface area contributed by atoms with E-state index in [2.05, 4.69) is 10.5 Å². The molecule has 0 spiro atoms. The summed E-state index contributed by atoms with van der Waals surface area (Å²) in [6.07, 6.45) is -0.124. The standard InChI is InChI=1S/C17H19N3O5S/c1-23-15-5-13(25-19-15)17(22)20-7-11-12(9-24-14(11)8-20)16(21)18-6-10-3-2-4-26-10/h2-5,11-12,14H,6-9H2,1H3,(H,18,21)/t11-,12+,14-/m1/s1. The molecule has 0 aromatic carbocycles. The second kappa shape index (κ2) is 7.08. The number of thiophene rings is 1. The van der Waals surface area contributed by atoms with Gasteiger partial charge in [-0.3, -0.25) is 9.59 Å². The van der Waals surface area contributed by atoms with Gasteiger partial charge in [-0.1, -0.05) is 6.07 Å². The zero-order valence-corrected chi connectivity index (χ0v) is 15.0. The zero-order chi connectivity index (χ0) is 18.1. The first-order chi connectivity index (χ1) is 12.7. The van der Waals surface area contributed by atoms with Crippen molar-refractivity contribution in [2.24, 2.45) is 11.8 Å². The summed E-state index contributed by atoms with van der Waals surface area (Å²) < 4.78 is 15.7. The minimum absolute atomic E-state index is 0.00731. The minimum atomic E-state index is -0.267. The molecule has 0 bridgehead atoms. The molecule has 2 fully saturated rings. The van der Waals surface area contributed by atoms with Crippen LogP contribution in [0.25, 0.3) is 0 Å². The molecule has 8 nitrogen and oxygen atoms in total. The highest BCUT2D eigenvalue weighted by Gasteiger charge is 2.48. The lowest BCUT2D eigenvalue weighted by Crippen LogP contribution is -2.37. The number of hydrogen-bond donors (Lipinski definition) is 1. The lowest BCUT2D eigenvalue weighted by Gasteiger charge is -2.18. The molecule has 9 heteroatoms. The Labute approximate surface area is 154 Å². The Morgan fingerprint density at radius 3 is 3.08 bits per heavy atom. The van der Waals surface area contributed by atoms with Crippen LogP contribution < -0.4 is 10.1 Å². The average Bonchev–Trinajstić information content (AvgIpc) is 3.43. The van der Waals surface area contributed by atoms with Crippen LogP contribution in [0.15, 0.2) is 28.1 Å². The van der Waals surface area contributed by atoms with Gasteiger partial charge in [0.1, 0.15) is 0 Å². The van der Waals surface area contributed by atoms with Gasteiger partial charge in [-0.25, -0.2) is 0 Å². The molecule has 2 saturated heterocycles. The van der Waals surface area contributed by atoms with Crippen molar-refractivity contribution in [3.63, 3.8) is 0 Å². The van der Waals surface area contributed by atoms with Crippen molar-refractivity contribution in [3.8, 4) is 5.88 Å². The van der Waals surface area contributed by atoms with Gasteiger partial charge in [0.05, 0.1) is 38.3 Å². The van der Waals surface area contributed by atoms with Crippen molar-refractivity contribution >= 4 is 23.2 Å². The highest BCUT2D eigenvalue weighted by molar-refractivity contribution is 7.09. The molecule has 2 aliphatic heterocycles. The van der Waals surface area contributed by atoms with Crippen LogP contribution in [0, 0.1) is 11.8 Å². The molecule has 4 heterocycles. The Bertz CT molecular complexity index is 790. The molecule has 1 N–H and O–H groups in total. The molecule has 0 radical (unpaired) electrons. The Balaban J connectivity index is 1.37. The van der Waals surface area contributed by atoms with E-state index in [9.17, 15) is 9.59 Å². The summed E-state index contributed by atoms with van der Waals surface area (Å²) in [6, 6.07) is 5.41. The Hall–Kier alpha value is -2.39. The van der Waals surface area contributed by atoms with E-state index < -0.39 is 0 Å². The number of likely N-dealkylation sites (tertiary alicyclic amines) is 1. The number of methoxy groups -OCH3 is 1. The molecule has 0 aliphatic carbocycles. The normalized spacial score (nSPS) is 24.5. The van der Waals surface area contributed by atoms with E-state index >= 15 is 0 Å². The minimum Gasteiger partial charge on any atom is -0.479 e. The maximum absolute atomic E-state index is 12.5. The van der Waals surface area contributed by atoms with Crippen molar-refractivity contribution in [1.29, 1.82) is 0 Å². The molecule has 0 unspecified atom stereocenters. The largest absolute Gasteiger partial charge is 0.479 e. The Kier molecular flexibility index (Phi) is 4.64. The number of aromatic nitrogens is 1. The van der Waals surface area contributed by atoms with Crippen LogP contribution in [0.3, 0.4) is 0 Å². The molecular formula is C17H19N3O5S. The molecule has 0 saturated carbocycles. The van der Waals surface area contributed by atoms with Crippen molar-refractivity contribution < 1.29 is 23.6 Å². The summed E-state index contributed by atoms with van der Waals surface area (Å²) in [5.74, 6) is -0.164. The lowest BCUT2D eigenvalue weighted by molar-refractivity contribution is -0.126. The second-order valence-electron chi connectivity index (χ2n) is 6.38. The third kappa shape index (κ3) is 3.19. The van der Waals surface area contributed by atoms with E-state index in [1.807, 2.05) is 17.5 Å². The molecule has 2 aromatic heterocycles. The van der Waals surface area contributed by atoms with Crippen LogP contribution in [0.2, 0.25) is 0 Å². The van der Waals surface area contributed by atoms with E-state index in [4.69, 9.17) is 14.0 Å². The molecule has 138 valence electrons. The smallest absolute Gasteiger partial charge is 0.292 e. The summed E-state index contributed by atoms with van der Waals surface area (Å²) in [5.41, 5.74) is 0. The predicted molar refractivity (Wildman–Crippen MR) is 91.8 cm³/mol. The zero-order valence-electron chi connectivity index (χ0n) is 14.2. The number of nitrogens with zero attached hydrogens (tertiary/aromatic N) is 2. The molecular weight excluding hydrogens is 358 g/mol.